The minimum Gasteiger partial charge on any atom is -0.287 e. The van der Waals surface area contributed by atoms with Gasteiger partial charge in [-0.15, -0.1) is 0 Å². The number of benzene rings is 2. The van der Waals surface area contributed by atoms with E-state index < -0.39 is 23.0 Å². The van der Waals surface area contributed by atoms with Crippen LogP contribution in [-0.2, 0) is 0 Å². The van der Waals surface area contributed by atoms with Crippen molar-refractivity contribution < 1.29 is 13.6 Å². The van der Waals surface area contributed by atoms with Gasteiger partial charge in [0.15, 0.2) is 5.82 Å². The second-order valence-corrected chi connectivity index (χ2v) is 5.15. The second kappa shape index (κ2) is 5.29. The van der Waals surface area contributed by atoms with E-state index in [1.165, 1.54) is 12.3 Å². The molecule has 3 aromatic rings. The van der Waals surface area contributed by atoms with E-state index in [1.54, 1.807) is 24.3 Å². The average Bonchev–Trinajstić information content (AvgIpc) is 2.51. The monoisotopic (exact) mass is 348 g/mol. The van der Waals surface area contributed by atoms with E-state index in [2.05, 4.69) is 25.9 Å². The summed E-state index contributed by atoms with van der Waals surface area (Å²) in [5.41, 5.74) is 0.335. The minimum atomic E-state index is -0.949. The second-order valence-electron chi connectivity index (χ2n) is 4.29. The zero-order valence-electron chi connectivity index (χ0n) is 10.5. The standard InChI is InChI=1S/C15H7BrF2N2O/c16-8-5-6-9(17)13(14(8)18)15(21)12-7-19-10-3-1-2-4-11(10)20-12/h1-7H. The highest BCUT2D eigenvalue weighted by Crippen LogP contribution is 2.23. The zero-order chi connectivity index (χ0) is 15.0. The number of carbonyl (C=O) groups excluding carboxylic acids is 1. The Morgan fingerprint density at radius 1 is 1.05 bits per heavy atom. The predicted octanol–water partition coefficient (Wildman–Crippen LogP) is 3.90. The third-order valence-corrected chi connectivity index (χ3v) is 3.56. The summed E-state index contributed by atoms with van der Waals surface area (Å²) in [6.45, 7) is 0. The summed E-state index contributed by atoms with van der Waals surface area (Å²) in [4.78, 5) is 20.5. The average molecular weight is 349 g/mol. The van der Waals surface area contributed by atoms with Crippen LogP contribution in [0.15, 0.2) is 47.1 Å². The fraction of sp³-hybridized carbons (Fsp3) is 0. The summed E-state index contributed by atoms with van der Waals surface area (Å²) >= 11 is 2.93. The molecule has 0 unspecified atom stereocenters. The number of carbonyl (C=O) groups is 1. The van der Waals surface area contributed by atoms with E-state index in [-0.39, 0.29) is 10.2 Å². The number of ketones is 1. The molecule has 1 heterocycles. The maximum Gasteiger partial charge on any atom is 0.218 e. The predicted molar refractivity (Wildman–Crippen MR) is 77.0 cm³/mol. The van der Waals surface area contributed by atoms with Crippen molar-refractivity contribution in [3.63, 3.8) is 0 Å². The largest absolute Gasteiger partial charge is 0.287 e. The fourth-order valence-corrected chi connectivity index (χ4v) is 2.26. The molecule has 0 N–H and O–H groups in total. The highest BCUT2D eigenvalue weighted by atomic mass is 79.9. The fourth-order valence-electron chi connectivity index (χ4n) is 1.93. The third kappa shape index (κ3) is 2.42. The first-order chi connectivity index (χ1) is 10.1. The number of nitrogens with zero attached hydrogens (tertiary/aromatic N) is 2. The van der Waals surface area contributed by atoms with Crippen LogP contribution >= 0.6 is 15.9 Å². The van der Waals surface area contributed by atoms with Gasteiger partial charge in [0.25, 0.3) is 0 Å². The third-order valence-electron chi connectivity index (χ3n) is 2.95. The number of para-hydroxylation sites is 2. The van der Waals surface area contributed by atoms with Gasteiger partial charge in [-0.05, 0) is 40.2 Å². The van der Waals surface area contributed by atoms with Crippen LogP contribution in [0, 0.1) is 11.6 Å². The number of rotatable bonds is 2. The molecule has 0 saturated carbocycles. The highest BCUT2D eigenvalue weighted by Gasteiger charge is 2.22. The lowest BCUT2D eigenvalue weighted by atomic mass is 10.1. The molecule has 1 aromatic heterocycles. The lowest BCUT2D eigenvalue weighted by Crippen LogP contribution is -2.10. The Hall–Kier alpha value is -2.21. The molecule has 0 radical (unpaired) electrons. The molecule has 0 bridgehead atoms. The van der Waals surface area contributed by atoms with E-state index in [9.17, 15) is 13.6 Å². The molecule has 2 aromatic carbocycles. The summed E-state index contributed by atoms with van der Waals surface area (Å²) in [6.07, 6.45) is 1.21. The van der Waals surface area contributed by atoms with Crippen molar-refractivity contribution in [2.45, 2.75) is 0 Å². The number of hydrogen-bond acceptors (Lipinski definition) is 3. The summed E-state index contributed by atoms with van der Waals surface area (Å²) in [5, 5.41) is 0. The molecule has 3 rings (SSSR count). The van der Waals surface area contributed by atoms with Crippen LogP contribution in [-0.4, -0.2) is 15.8 Å². The lowest BCUT2D eigenvalue weighted by Gasteiger charge is -2.06. The zero-order valence-corrected chi connectivity index (χ0v) is 12.1. The van der Waals surface area contributed by atoms with Crippen LogP contribution in [0.5, 0.6) is 0 Å². The van der Waals surface area contributed by atoms with Gasteiger partial charge in [0.1, 0.15) is 11.5 Å². The smallest absolute Gasteiger partial charge is 0.218 e. The molecule has 0 aliphatic rings. The van der Waals surface area contributed by atoms with Crippen molar-refractivity contribution in [1.29, 1.82) is 0 Å². The van der Waals surface area contributed by atoms with Gasteiger partial charge in [-0.3, -0.25) is 9.78 Å². The molecule has 0 atom stereocenters. The van der Waals surface area contributed by atoms with Crippen LogP contribution in [0.4, 0.5) is 8.78 Å². The van der Waals surface area contributed by atoms with Crippen LogP contribution < -0.4 is 0 Å². The molecule has 104 valence electrons. The normalized spacial score (nSPS) is 10.8. The Labute approximate surface area is 126 Å². The first-order valence-electron chi connectivity index (χ1n) is 5.98. The van der Waals surface area contributed by atoms with Gasteiger partial charge in [-0.2, -0.15) is 0 Å². The SMILES string of the molecule is O=C(c1cnc2ccccc2n1)c1c(F)ccc(Br)c1F. The maximum atomic E-state index is 14.0. The highest BCUT2D eigenvalue weighted by molar-refractivity contribution is 9.10. The molecule has 6 heteroatoms. The van der Waals surface area contributed by atoms with Crippen LogP contribution in [0.25, 0.3) is 11.0 Å². The summed E-state index contributed by atoms with van der Waals surface area (Å²) in [5.74, 6) is -2.73. The van der Waals surface area contributed by atoms with E-state index >= 15 is 0 Å². The molecular formula is C15H7BrF2N2O. The van der Waals surface area contributed by atoms with Gasteiger partial charge < -0.3 is 0 Å². The van der Waals surface area contributed by atoms with E-state index in [4.69, 9.17) is 0 Å². The van der Waals surface area contributed by atoms with Crippen LogP contribution in [0.2, 0.25) is 0 Å². The topological polar surface area (TPSA) is 42.9 Å². The van der Waals surface area contributed by atoms with Crippen LogP contribution in [0.1, 0.15) is 16.1 Å². The molecule has 0 amide bonds. The van der Waals surface area contributed by atoms with Crippen molar-refractivity contribution in [3.05, 3.63) is 70.0 Å². The van der Waals surface area contributed by atoms with E-state index in [1.807, 2.05) is 0 Å². The van der Waals surface area contributed by atoms with Gasteiger partial charge >= 0.3 is 0 Å². The molecule has 0 aliphatic heterocycles. The van der Waals surface area contributed by atoms with Gasteiger partial charge in [0.05, 0.1) is 27.3 Å². The molecule has 0 aliphatic carbocycles. The van der Waals surface area contributed by atoms with Crippen molar-refractivity contribution in [2.24, 2.45) is 0 Å². The molecule has 0 saturated heterocycles. The molecule has 3 nitrogen and oxygen atoms in total. The first-order valence-corrected chi connectivity index (χ1v) is 6.77. The van der Waals surface area contributed by atoms with Gasteiger partial charge in [-0.25, -0.2) is 13.8 Å². The molecule has 21 heavy (non-hydrogen) atoms. The van der Waals surface area contributed by atoms with Crippen molar-refractivity contribution >= 4 is 32.7 Å². The Morgan fingerprint density at radius 2 is 1.76 bits per heavy atom. The summed E-state index contributed by atoms with van der Waals surface area (Å²) < 4.78 is 27.7. The molecule has 0 spiro atoms. The Morgan fingerprint density at radius 3 is 2.52 bits per heavy atom. The molecular weight excluding hydrogens is 342 g/mol. The Balaban J connectivity index is 2.15. The lowest BCUT2D eigenvalue weighted by molar-refractivity contribution is 0.102. The van der Waals surface area contributed by atoms with Crippen molar-refractivity contribution in [3.8, 4) is 0 Å². The number of hydrogen-bond donors (Lipinski definition) is 0. The Kier molecular flexibility index (Phi) is 3.47. The van der Waals surface area contributed by atoms with Crippen molar-refractivity contribution in [1.82, 2.24) is 9.97 Å². The Bertz CT molecular complexity index is 867. The number of halogens is 3. The first kappa shape index (κ1) is 13.8. The van der Waals surface area contributed by atoms with E-state index in [0.717, 1.165) is 6.07 Å². The summed E-state index contributed by atoms with van der Waals surface area (Å²) in [6, 6.07) is 9.16. The quantitative estimate of drug-likeness (QED) is 0.521. The van der Waals surface area contributed by atoms with Gasteiger partial charge in [0, 0.05) is 0 Å². The van der Waals surface area contributed by atoms with Crippen molar-refractivity contribution in [2.75, 3.05) is 0 Å². The molecule has 0 fully saturated rings. The van der Waals surface area contributed by atoms with Gasteiger partial charge in [-0.1, -0.05) is 12.1 Å². The number of fused-ring (bicyclic) bond motifs is 1. The van der Waals surface area contributed by atoms with Crippen LogP contribution in [0.3, 0.4) is 0 Å². The minimum absolute atomic E-state index is 0.0148. The van der Waals surface area contributed by atoms with Gasteiger partial charge in [0.2, 0.25) is 5.78 Å². The maximum absolute atomic E-state index is 14.0. The summed E-state index contributed by atoms with van der Waals surface area (Å²) in [7, 11) is 0. The van der Waals surface area contributed by atoms with E-state index in [0.29, 0.717) is 11.0 Å². The number of aromatic nitrogens is 2.